The number of rotatable bonds is 7. The zero-order valence-corrected chi connectivity index (χ0v) is 15.8. The fraction of sp³-hybridized carbons (Fsp3) is 0.222. The minimum absolute atomic E-state index is 0.0983. The molecule has 0 radical (unpaired) electrons. The molecule has 0 amide bonds. The molecular formula is C18H15BrF3N3O2. The molecule has 1 aromatic carbocycles. The molecule has 0 aliphatic rings. The van der Waals surface area contributed by atoms with Crippen LogP contribution < -0.4 is 14.9 Å². The van der Waals surface area contributed by atoms with E-state index in [9.17, 15) is 13.2 Å². The first-order valence-electron chi connectivity index (χ1n) is 7.70. The largest absolute Gasteiger partial charge is 0.490 e. The number of hydrogen-bond acceptors (Lipinski definition) is 5. The Morgan fingerprint density at radius 1 is 1.30 bits per heavy atom. The maximum absolute atomic E-state index is 12.5. The average Bonchev–Trinajstić information content (AvgIpc) is 2.62. The van der Waals surface area contributed by atoms with E-state index in [1.807, 2.05) is 6.92 Å². The Morgan fingerprint density at radius 2 is 2.04 bits per heavy atom. The standard InChI is InChI=1S/C18H15BrF3N3O2/c1-3-7-27-16-9-14(19)12(8-15(16)26-4-2)10-24-25-17-6-5-13(11-23-17)18(20,21)22/h1,5-6,8-11H,4,7H2,2H3,(H,23,25)/b24-10-. The van der Waals surface area contributed by atoms with Crippen LogP contribution in [0.5, 0.6) is 11.5 Å². The predicted molar refractivity (Wildman–Crippen MR) is 100 cm³/mol. The van der Waals surface area contributed by atoms with Crippen LogP contribution in [0.3, 0.4) is 0 Å². The Morgan fingerprint density at radius 3 is 2.63 bits per heavy atom. The highest BCUT2D eigenvalue weighted by molar-refractivity contribution is 9.10. The smallest absolute Gasteiger partial charge is 0.417 e. The van der Waals surface area contributed by atoms with E-state index in [-0.39, 0.29) is 12.4 Å². The van der Waals surface area contributed by atoms with Crippen molar-refractivity contribution in [1.82, 2.24) is 4.98 Å². The molecule has 5 nitrogen and oxygen atoms in total. The van der Waals surface area contributed by atoms with Gasteiger partial charge < -0.3 is 9.47 Å². The van der Waals surface area contributed by atoms with Gasteiger partial charge in [0, 0.05) is 16.2 Å². The van der Waals surface area contributed by atoms with Crippen LogP contribution >= 0.6 is 15.9 Å². The molecule has 142 valence electrons. The summed E-state index contributed by atoms with van der Waals surface area (Å²) in [5, 5.41) is 3.98. The number of hydrazone groups is 1. The fourth-order valence-electron chi connectivity index (χ4n) is 1.95. The van der Waals surface area contributed by atoms with E-state index in [0.29, 0.717) is 28.1 Å². The van der Waals surface area contributed by atoms with Crippen molar-refractivity contribution in [2.75, 3.05) is 18.6 Å². The van der Waals surface area contributed by atoms with Crippen LogP contribution in [0.1, 0.15) is 18.1 Å². The van der Waals surface area contributed by atoms with Crippen molar-refractivity contribution in [3.05, 3.63) is 46.1 Å². The molecule has 0 aliphatic carbocycles. The summed E-state index contributed by atoms with van der Waals surface area (Å²) in [6.07, 6.45) is 2.97. The third-order valence-corrected chi connectivity index (χ3v) is 3.83. The zero-order valence-electron chi connectivity index (χ0n) is 14.2. The van der Waals surface area contributed by atoms with Crippen molar-refractivity contribution in [3.63, 3.8) is 0 Å². The van der Waals surface area contributed by atoms with Gasteiger partial charge in [0.2, 0.25) is 0 Å². The summed E-state index contributed by atoms with van der Waals surface area (Å²) in [6.45, 7) is 2.36. The molecule has 0 unspecified atom stereocenters. The highest BCUT2D eigenvalue weighted by Crippen LogP contribution is 2.33. The molecule has 0 atom stereocenters. The number of ether oxygens (including phenoxy) is 2. The molecule has 0 aliphatic heterocycles. The second-order valence-corrected chi connectivity index (χ2v) is 5.90. The lowest BCUT2D eigenvalue weighted by Crippen LogP contribution is -2.05. The van der Waals surface area contributed by atoms with Gasteiger partial charge in [-0.3, -0.25) is 5.43 Å². The van der Waals surface area contributed by atoms with Crippen molar-refractivity contribution >= 4 is 28.0 Å². The first kappa shape index (κ1) is 20.6. The summed E-state index contributed by atoms with van der Waals surface area (Å²) in [4.78, 5) is 3.67. The molecule has 1 heterocycles. The van der Waals surface area contributed by atoms with E-state index in [0.717, 1.165) is 12.3 Å². The highest BCUT2D eigenvalue weighted by atomic mass is 79.9. The van der Waals surface area contributed by atoms with E-state index >= 15 is 0 Å². The van der Waals surface area contributed by atoms with Crippen LogP contribution in [0.15, 0.2) is 40.0 Å². The molecule has 0 saturated carbocycles. The molecule has 0 saturated heterocycles. The third kappa shape index (κ3) is 5.89. The van der Waals surface area contributed by atoms with E-state index in [1.165, 1.54) is 12.3 Å². The van der Waals surface area contributed by atoms with E-state index in [1.54, 1.807) is 12.1 Å². The van der Waals surface area contributed by atoms with Gasteiger partial charge >= 0.3 is 6.18 Å². The quantitative estimate of drug-likeness (QED) is 0.383. The Kier molecular flexibility index (Phi) is 7.07. The van der Waals surface area contributed by atoms with Gasteiger partial charge in [-0.05, 0) is 47.1 Å². The molecule has 0 fully saturated rings. The number of halogens is 4. The topological polar surface area (TPSA) is 55.7 Å². The summed E-state index contributed by atoms with van der Waals surface area (Å²) >= 11 is 3.40. The number of hydrogen-bond donors (Lipinski definition) is 1. The highest BCUT2D eigenvalue weighted by Gasteiger charge is 2.30. The monoisotopic (exact) mass is 441 g/mol. The number of anilines is 1. The Bertz CT molecular complexity index is 847. The van der Waals surface area contributed by atoms with Crippen molar-refractivity contribution in [2.24, 2.45) is 5.10 Å². The molecule has 9 heteroatoms. The minimum atomic E-state index is -4.43. The molecule has 2 aromatic rings. The zero-order chi connectivity index (χ0) is 19.9. The molecule has 27 heavy (non-hydrogen) atoms. The lowest BCUT2D eigenvalue weighted by Gasteiger charge is -2.12. The van der Waals surface area contributed by atoms with Crippen LogP contribution in [-0.4, -0.2) is 24.4 Å². The lowest BCUT2D eigenvalue weighted by atomic mass is 10.2. The molecule has 0 spiro atoms. The van der Waals surface area contributed by atoms with E-state index in [2.05, 4.69) is 37.4 Å². The first-order valence-corrected chi connectivity index (χ1v) is 8.49. The number of alkyl halides is 3. The first-order chi connectivity index (χ1) is 12.8. The number of nitrogens with one attached hydrogen (secondary N) is 1. The summed E-state index contributed by atoms with van der Waals surface area (Å²) in [7, 11) is 0. The number of benzene rings is 1. The van der Waals surface area contributed by atoms with Crippen molar-refractivity contribution in [2.45, 2.75) is 13.1 Å². The van der Waals surface area contributed by atoms with Crippen molar-refractivity contribution in [3.8, 4) is 23.8 Å². The maximum Gasteiger partial charge on any atom is 0.417 e. The minimum Gasteiger partial charge on any atom is -0.490 e. The van der Waals surface area contributed by atoms with Gasteiger partial charge in [-0.2, -0.15) is 18.3 Å². The predicted octanol–water partition coefficient (Wildman–Crippen LogP) is 4.72. The number of aromatic nitrogens is 1. The van der Waals surface area contributed by atoms with Gasteiger partial charge in [-0.25, -0.2) is 4.98 Å². The second kappa shape index (κ2) is 9.28. The van der Waals surface area contributed by atoms with Crippen molar-refractivity contribution < 1.29 is 22.6 Å². The van der Waals surface area contributed by atoms with Gasteiger partial charge in [-0.15, -0.1) is 6.42 Å². The van der Waals surface area contributed by atoms with Gasteiger partial charge in [0.1, 0.15) is 12.4 Å². The molecular weight excluding hydrogens is 427 g/mol. The number of terminal acetylenes is 1. The summed E-state index contributed by atoms with van der Waals surface area (Å²) in [5.74, 6) is 3.53. The SMILES string of the molecule is C#CCOc1cc(Br)c(/C=N\Nc2ccc(C(F)(F)F)cn2)cc1OCC. The Balaban J connectivity index is 2.14. The fourth-order valence-corrected chi connectivity index (χ4v) is 2.37. The summed E-state index contributed by atoms with van der Waals surface area (Å²) in [6, 6.07) is 5.51. The Labute approximate surface area is 162 Å². The van der Waals surface area contributed by atoms with Crippen molar-refractivity contribution in [1.29, 1.82) is 0 Å². The van der Waals surface area contributed by atoms with Crippen LogP contribution in [0.2, 0.25) is 0 Å². The normalized spacial score (nSPS) is 11.3. The molecule has 1 aromatic heterocycles. The summed E-state index contributed by atoms with van der Waals surface area (Å²) in [5.41, 5.74) is 2.40. The van der Waals surface area contributed by atoms with E-state index < -0.39 is 11.7 Å². The van der Waals surface area contributed by atoms with Gasteiger partial charge in [0.25, 0.3) is 0 Å². The van der Waals surface area contributed by atoms with Gasteiger partial charge in [-0.1, -0.05) is 5.92 Å². The summed E-state index contributed by atoms with van der Waals surface area (Å²) < 4.78 is 49.2. The van der Waals surface area contributed by atoms with Crippen LogP contribution in [0, 0.1) is 12.3 Å². The molecule has 0 bridgehead atoms. The van der Waals surface area contributed by atoms with Gasteiger partial charge in [0.15, 0.2) is 11.5 Å². The number of nitrogens with zero attached hydrogens (tertiary/aromatic N) is 2. The third-order valence-electron chi connectivity index (χ3n) is 3.15. The Hall–Kier alpha value is -2.73. The maximum atomic E-state index is 12.5. The molecule has 1 N–H and O–H groups in total. The van der Waals surface area contributed by atoms with Crippen LogP contribution in [0.25, 0.3) is 0 Å². The van der Waals surface area contributed by atoms with Crippen LogP contribution in [0.4, 0.5) is 19.0 Å². The average molecular weight is 442 g/mol. The van der Waals surface area contributed by atoms with Gasteiger partial charge in [0.05, 0.1) is 18.4 Å². The second-order valence-electron chi connectivity index (χ2n) is 5.05. The van der Waals surface area contributed by atoms with Crippen LogP contribution in [-0.2, 0) is 6.18 Å². The number of pyridine rings is 1. The lowest BCUT2D eigenvalue weighted by molar-refractivity contribution is -0.137. The molecule has 2 rings (SSSR count). The van der Waals surface area contributed by atoms with E-state index in [4.69, 9.17) is 15.9 Å².